The van der Waals surface area contributed by atoms with E-state index in [9.17, 15) is 4.79 Å². The van der Waals surface area contributed by atoms with Gasteiger partial charge < -0.3 is 14.9 Å². The predicted octanol–water partition coefficient (Wildman–Crippen LogP) is 3.82. The van der Waals surface area contributed by atoms with E-state index in [0.29, 0.717) is 5.56 Å². The average molecular weight is 448 g/mol. The van der Waals surface area contributed by atoms with Crippen LogP contribution in [0.3, 0.4) is 0 Å². The number of nitrogens with zero attached hydrogens (tertiary/aromatic N) is 6. The molecule has 0 saturated carbocycles. The number of aldehydes is 1. The number of hydrogen-bond donors (Lipinski definition) is 1. The second-order valence-electron chi connectivity index (χ2n) is 7.31. The van der Waals surface area contributed by atoms with Gasteiger partial charge in [-0.2, -0.15) is 0 Å². The first-order valence-electron chi connectivity index (χ1n) is 11.2. The highest BCUT2D eigenvalue weighted by Gasteiger charge is 1.94. The number of carbonyl (C=O) groups is 1. The van der Waals surface area contributed by atoms with E-state index in [-0.39, 0.29) is 0 Å². The van der Waals surface area contributed by atoms with Crippen molar-refractivity contribution >= 4 is 6.29 Å². The molecule has 174 valence electrons. The molecule has 4 rings (SSSR count). The van der Waals surface area contributed by atoms with E-state index < -0.39 is 0 Å². The smallest absolute Gasteiger partial charge is 0.150 e. The molecular formula is C25H33N7O. The van der Waals surface area contributed by atoms with E-state index in [2.05, 4.69) is 36.6 Å². The number of imidazole rings is 2. The molecule has 0 amide bonds. The maximum atomic E-state index is 9.98. The minimum Gasteiger partial charge on any atom is -0.337 e. The van der Waals surface area contributed by atoms with Crippen molar-refractivity contribution in [2.45, 2.75) is 45.2 Å². The third-order valence-corrected chi connectivity index (χ3v) is 4.71. The third-order valence-electron chi connectivity index (χ3n) is 4.71. The molecule has 4 aromatic rings. The fraction of sp³-hybridized carbons (Fsp3) is 0.320. The topological polar surface area (TPSA) is 105 Å². The summed E-state index contributed by atoms with van der Waals surface area (Å²) in [4.78, 5) is 25.6. The van der Waals surface area contributed by atoms with Crippen molar-refractivity contribution in [1.29, 1.82) is 0 Å². The van der Waals surface area contributed by atoms with Crippen LogP contribution in [0.25, 0.3) is 0 Å². The Morgan fingerprint density at radius 1 is 0.697 bits per heavy atom. The van der Waals surface area contributed by atoms with Crippen molar-refractivity contribution in [3.8, 4) is 0 Å². The molecule has 0 aliphatic heterocycles. The summed E-state index contributed by atoms with van der Waals surface area (Å²) >= 11 is 0. The number of carbonyl (C=O) groups excluding carboxylic acids is 1. The Kier molecular flexibility index (Phi) is 13.2. The molecule has 8 nitrogen and oxygen atoms in total. The zero-order chi connectivity index (χ0) is 23.4. The van der Waals surface area contributed by atoms with Gasteiger partial charge >= 0.3 is 0 Å². The molecule has 0 aromatic carbocycles. The zero-order valence-corrected chi connectivity index (χ0v) is 19.0. The molecule has 8 heteroatoms. The van der Waals surface area contributed by atoms with Gasteiger partial charge in [-0.15, -0.1) is 0 Å². The van der Waals surface area contributed by atoms with Crippen LogP contribution in [0.2, 0.25) is 0 Å². The largest absolute Gasteiger partial charge is 0.337 e. The first-order valence-corrected chi connectivity index (χ1v) is 11.2. The minimum absolute atomic E-state index is 0.667. The Labute approximate surface area is 195 Å². The van der Waals surface area contributed by atoms with Crippen molar-refractivity contribution < 1.29 is 4.79 Å². The molecule has 0 aliphatic carbocycles. The second kappa shape index (κ2) is 17.0. The summed E-state index contributed by atoms with van der Waals surface area (Å²) in [5.74, 6) is 0. The van der Waals surface area contributed by atoms with Gasteiger partial charge in [-0.3, -0.25) is 14.8 Å². The Morgan fingerprint density at radius 3 is 1.76 bits per heavy atom. The molecule has 4 aromatic heterocycles. The van der Waals surface area contributed by atoms with E-state index in [1.54, 1.807) is 37.1 Å². The van der Waals surface area contributed by atoms with E-state index in [4.69, 9.17) is 5.73 Å². The van der Waals surface area contributed by atoms with Crippen molar-refractivity contribution in [2.24, 2.45) is 5.73 Å². The Morgan fingerprint density at radius 2 is 1.27 bits per heavy atom. The van der Waals surface area contributed by atoms with Crippen LogP contribution in [-0.2, 0) is 19.5 Å². The minimum atomic E-state index is 0.667. The molecular weight excluding hydrogens is 414 g/mol. The summed E-state index contributed by atoms with van der Waals surface area (Å²) in [6.07, 6.45) is 24.9. The molecule has 4 heterocycles. The van der Waals surface area contributed by atoms with Gasteiger partial charge in [-0.1, -0.05) is 6.42 Å². The maximum Gasteiger partial charge on any atom is 0.150 e. The number of pyridine rings is 2. The van der Waals surface area contributed by atoms with Gasteiger partial charge in [0.2, 0.25) is 0 Å². The van der Waals surface area contributed by atoms with Crippen LogP contribution in [0, 0.1) is 0 Å². The Balaban J connectivity index is 0.000000192. The fourth-order valence-electron chi connectivity index (χ4n) is 2.90. The van der Waals surface area contributed by atoms with Gasteiger partial charge in [0.1, 0.15) is 6.29 Å². The van der Waals surface area contributed by atoms with Crippen LogP contribution < -0.4 is 5.73 Å². The molecule has 0 unspecified atom stereocenters. The lowest BCUT2D eigenvalue weighted by Gasteiger charge is -2.02. The number of aryl methyl sites for hydroxylation is 3. The zero-order valence-electron chi connectivity index (χ0n) is 19.0. The third kappa shape index (κ3) is 12.1. The van der Waals surface area contributed by atoms with Gasteiger partial charge in [0, 0.05) is 68.2 Å². The van der Waals surface area contributed by atoms with Crippen molar-refractivity contribution in [1.82, 2.24) is 29.1 Å². The van der Waals surface area contributed by atoms with Crippen LogP contribution in [-0.4, -0.2) is 41.9 Å². The quantitative estimate of drug-likeness (QED) is 0.293. The van der Waals surface area contributed by atoms with Crippen LogP contribution in [0.1, 0.15) is 41.6 Å². The predicted molar refractivity (Wildman–Crippen MR) is 130 cm³/mol. The van der Waals surface area contributed by atoms with Gasteiger partial charge in [0.25, 0.3) is 0 Å². The Bertz CT molecular complexity index is 943. The molecule has 0 radical (unpaired) electrons. The van der Waals surface area contributed by atoms with E-state index in [1.807, 2.05) is 41.9 Å². The summed E-state index contributed by atoms with van der Waals surface area (Å²) in [6.45, 7) is 2.81. The van der Waals surface area contributed by atoms with Crippen LogP contribution in [0.5, 0.6) is 0 Å². The molecule has 2 N–H and O–H groups in total. The summed E-state index contributed by atoms with van der Waals surface area (Å²) in [6, 6.07) is 7.51. The number of nitrogens with two attached hydrogens (primary N) is 1. The van der Waals surface area contributed by atoms with Gasteiger partial charge in [-0.05, 0) is 62.1 Å². The maximum absolute atomic E-state index is 9.98. The normalized spacial score (nSPS) is 9.85. The number of hydrogen-bond acceptors (Lipinski definition) is 6. The number of unbranched alkanes of at least 4 members (excludes halogenated alkanes) is 2. The van der Waals surface area contributed by atoms with E-state index in [1.165, 1.54) is 24.8 Å². The summed E-state index contributed by atoms with van der Waals surface area (Å²) < 4.78 is 4.15. The SMILES string of the molecule is NCCCn1ccnc1.O=Cc1ccncc1.c1cc(CCCCCn2ccnc2)ccn1. The lowest BCUT2D eigenvalue weighted by atomic mass is 10.1. The molecule has 33 heavy (non-hydrogen) atoms. The first-order chi connectivity index (χ1) is 16.3. The summed E-state index contributed by atoms with van der Waals surface area (Å²) in [7, 11) is 0. The first kappa shape index (κ1) is 25.6. The summed E-state index contributed by atoms with van der Waals surface area (Å²) in [5, 5.41) is 0. The van der Waals surface area contributed by atoms with E-state index in [0.717, 1.165) is 38.8 Å². The van der Waals surface area contributed by atoms with Crippen LogP contribution in [0.15, 0.2) is 86.5 Å². The summed E-state index contributed by atoms with van der Waals surface area (Å²) in [5.41, 5.74) is 7.36. The lowest BCUT2D eigenvalue weighted by Crippen LogP contribution is -2.03. The van der Waals surface area contributed by atoms with Crippen LogP contribution >= 0.6 is 0 Å². The van der Waals surface area contributed by atoms with Gasteiger partial charge in [0.05, 0.1) is 12.7 Å². The molecule has 0 fully saturated rings. The van der Waals surface area contributed by atoms with E-state index >= 15 is 0 Å². The fourth-order valence-corrected chi connectivity index (χ4v) is 2.90. The monoisotopic (exact) mass is 447 g/mol. The van der Waals surface area contributed by atoms with Gasteiger partial charge in [-0.25, -0.2) is 9.97 Å². The van der Waals surface area contributed by atoms with Crippen molar-refractivity contribution in [3.63, 3.8) is 0 Å². The number of rotatable bonds is 10. The highest BCUT2D eigenvalue weighted by atomic mass is 16.1. The highest BCUT2D eigenvalue weighted by Crippen LogP contribution is 2.06. The van der Waals surface area contributed by atoms with Gasteiger partial charge in [0.15, 0.2) is 0 Å². The van der Waals surface area contributed by atoms with Crippen LogP contribution in [0.4, 0.5) is 0 Å². The number of aromatic nitrogens is 6. The molecule has 0 bridgehead atoms. The van der Waals surface area contributed by atoms with Crippen molar-refractivity contribution in [2.75, 3.05) is 6.54 Å². The molecule has 0 aliphatic rings. The average Bonchev–Trinajstić information content (AvgIpc) is 3.59. The molecule has 0 atom stereocenters. The highest BCUT2D eigenvalue weighted by molar-refractivity contribution is 5.73. The second-order valence-corrected chi connectivity index (χ2v) is 7.31. The molecule has 0 saturated heterocycles. The molecule has 0 spiro atoms. The lowest BCUT2D eigenvalue weighted by molar-refractivity contribution is 0.112. The standard InChI is InChI=1S/C13H17N3.C6H11N3.C6H5NO/c1(3-10-16-11-9-15-12-16)2-4-13-5-7-14-8-6-13;7-2-1-4-9-5-3-8-6-9;8-5-6-1-3-7-4-2-6/h5-9,11-12H,1-4,10H2;3,5-6H,1-2,4,7H2;1-5H. The van der Waals surface area contributed by atoms with Crippen molar-refractivity contribution in [3.05, 3.63) is 97.6 Å². The Hall–Kier alpha value is -3.65.